The number of nitriles is 1. The number of methoxy groups -OCH3 is 1. The molecule has 1 aromatic carbocycles. The van der Waals surface area contributed by atoms with Gasteiger partial charge < -0.3 is 9.47 Å². The number of carbonyl (C=O) groups excluding carboxylic acids is 2. The van der Waals surface area contributed by atoms with Crippen molar-refractivity contribution in [3.8, 4) is 6.07 Å². The van der Waals surface area contributed by atoms with Crippen LogP contribution in [-0.2, 0) is 19.1 Å². The van der Waals surface area contributed by atoms with Crippen LogP contribution in [0.3, 0.4) is 0 Å². The van der Waals surface area contributed by atoms with E-state index in [0.717, 1.165) is 0 Å². The first kappa shape index (κ1) is 15.7. The van der Waals surface area contributed by atoms with Gasteiger partial charge >= 0.3 is 11.9 Å². The fourth-order valence-electron chi connectivity index (χ4n) is 1.98. The topological polar surface area (TPSA) is 76.4 Å². The molecule has 106 valence electrons. The Labute approximate surface area is 118 Å². The molecule has 0 saturated carbocycles. The van der Waals surface area contributed by atoms with Crippen LogP contribution in [0.15, 0.2) is 30.3 Å². The fraction of sp³-hybridized carbons (Fsp3) is 0.400. The molecule has 0 aliphatic heterocycles. The molecule has 0 saturated heterocycles. The zero-order valence-corrected chi connectivity index (χ0v) is 11.8. The van der Waals surface area contributed by atoms with Gasteiger partial charge in [0.05, 0.1) is 19.8 Å². The molecule has 5 nitrogen and oxygen atoms in total. The van der Waals surface area contributed by atoms with Crippen molar-refractivity contribution in [1.29, 1.82) is 5.26 Å². The summed E-state index contributed by atoms with van der Waals surface area (Å²) in [5.74, 6) is -2.41. The van der Waals surface area contributed by atoms with Crippen LogP contribution in [0.5, 0.6) is 0 Å². The summed E-state index contributed by atoms with van der Waals surface area (Å²) in [6.07, 6.45) is 0. The number of nitrogens with zero attached hydrogens (tertiary/aromatic N) is 1. The van der Waals surface area contributed by atoms with Gasteiger partial charge in [-0.25, -0.2) is 0 Å². The number of benzene rings is 1. The van der Waals surface area contributed by atoms with Crippen molar-refractivity contribution in [2.45, 2.75) is 19.8 Å². The van der Waals surface area contributed by atoms with E-state index in [-0.39, 0.29) is 6.61 Å². The van der Waals surface area contributed by atoms with Crippen molar-refractivity contribution in [2.75, 3.05) is 13.7 Å². The molecule has 0 bridgehead atoms. The quantitative estimate of drug-likeness (QED) is 0.768. The third kappa shape index (κ3) is 2.97. The molecule has 20 heavy (non-hydrogen) atoms. The van der Waals surface area contributed by atoms with Gasteiger partial charge in [-0.2, -0.15) is 5.26 Å². The minimum absolute atomic E-state index is 0.138. The molecule has 0 heterocycles. The van der Waals surface area contributed by atoms with E-state index >= 15 is 0 Å². The number of ether oxygens (including phenoxy) is 2. The summed E-state index contributed by atoms with van der Waals surface area (Å²) < 4.78 is 9.67. The summed E-state index contributed by atoms with van der Waals surface area (Å²) in [6.45, 7) is 3.17. The molecule has 0 radical (unpaired) electrons. The van der Waals surface area contributed by atoms with Crippen molar-refractivity contribution in [3.63, 3.8) is 0 Å². The van der Waals surface area contributed by atoms with Gasteiger partial charge in [0.2, 0.25) is 0 Å². The largest absolute Gasteiger partial charge is 0.468 e. The Balaban J connectivity index is 3.32. The molecule has 5 heteroatoms. The first-order valence-corrected chi connectivity index (χ1v) is 6.22. The van der Waals surface area contributed by atoms with Crippen LogP contribution in [-0.4, -0.2) is 25.7 Å². The number of hydrogen-bond acceptors (Lipinski definition) is 5. The highest BCUT2D eigenvalue weighted by molar-refractivity contribution is 5.91. The Bertz CT molecular complexity index is 520. The average Bonchev–Trinajstić information content (AvgIpc) is 2.48. The molecule has 0 fully saturated rings. The fourth-order valence-corrected chi connectivity index (χ4v) is 1.98. The van der Waals surface area contributed by atoms with Crippen LogP contribution >= 0.6 is 0 Å². The van der Waals surface area contributed by atoms with Crippen LogP contribution in [0.25, 0.3) is 0 Å². The van der Waals surface area contributed by atoms with Crippen molar-refractivity contribution in [2.24, 2.45) is 5.41 Å². The lowest BCUT2D eigenvalue weighted by Gasteiger charge is -2.27. The third-order valence-corrected chi connectivity index (χ3v) is 3.08. The van der Waals surface area contributed by atoms with Crippen molar-refractivity contribution in [1.82, 2.24) is 0 Å². The minimum Gasteiger partial charge on any atom is -0.468 e. The highest BCUT2D eigenvalue weighted by Crippen LogP contribution is 2.37. The van der Waals surface area contributed by atoms with Crippen LogP contribution in [0.4, 0.5) is 0 Å². The Kier molecular flexibility index (Phi) is 5.27. The normalized spacial score (nSPS) is 14.5. The van der Waals surface area contributed by atoms with E-state index in [9.17, 15) is 14.9 Å². The van der Waals surface area contributed by atoms with Crippen LogP contribution in [0, 0.1) is 16.7 Å². The standard InChI is InChI=1S/C15H17NO4/c1-4-20-14(18)15(2,10-16)12(13(17)19-3)11-8-6-5-7-9-11/h5-9,12H,4H2,1-3H3. The Morgan fingerprint density at radius 2 is 1.95 bits per heavy atom. The van der Waals surface area contributed by atoms with Gasteiger partial charge in [0.15, 0.2) is 5.41 Å². The lowest BCUT2D eigenvalue weighted by Crippen LogP contribution is -2.39. The zero-order valence-electron chi connectivity index (χ0n) is 11.8. The maximum atomic E-state index is 12.1. The molecule has 1 aromatic rings. The molecular formula is C15H17NO4. The summed E-state index contributed by atoms with van der Waals surface area (Å²) in [4.78, 5) is 24.1. The third-order valence-electron chi connectivity index (χ3n) is 3.08. The van der Waals surface area contributed by atoms with E-state index in [4.69, 9.17) is 9.47 Å². The molecule has 0 amide bonds. The van der Waals surface area contributed by atoms with E-state index in [1.807, 2.05) is 6.07 Å². The molecule has 1 rings (SSSR count). The Hall–Kier alpha value is -2.35. The Morgan fingerprint density at radius 3 is 2.40 bits per heavy atom. The summed E-state index contributed by atoms with van der Waals surface area (Å²) >= 11 is 0. The van der Waals surface area contributed by atoms with Crippen molar-refractivity contribution in [3.05, 3.63) is 35.9 Å². The van der Waals surface area contributed by atoms with Gasteiger partial charge in [0.25, 0.3) is 0 Å². The number of rotatable bonds is 5. The predicted molar refractivity (Wildman–Crippen MR) is 71.6 cm³/mol. The van der Waals surface area contributed by atoms with Crippen molar-refractivity contribution >= 4 is 11.9 Å². The second-order valence-corrected chi connectivity index (χ2v) is 4.40. The monoisotopic (exact) mass is 275 g/mol. The molecule has 0 aliphatic carbocycles. The SMILES string of the molecule is CCOC(=O)C(C)(C#N)C(C(=O)OC)c1ccccc1. The van der Waals surface area contributed by atoms with Crippen LogP contribution in [0.2, 0.25) is 0 Å². The maximum Gasteiger partial charge on any atom is 0.327 e. The van der Waals surface area contributed by atoms with E-state index in [0.29, 0.717) is 5.56 Å². The van der Waals surface area contributed by atoms with Gasteiger partial charge in [0, 0.05) is 0 Å². The van der Waals surface area contributed by atoms with Gasteiger partial charge in [-0.05, 0) is 19.4 Å². The highest BCUT2D eigenvalue weighted by Gasteiger charge is 2.48. The van der Waals surface area contributed by atoms with Crippen LogP contribution < -0.4 is 0 Å². The lowest BCUT2D eigenvalue weighted by molar-refractivity contribution is -0.159. The second-order valence-electron chi connectivity index (χ2n) is 4.40. The smallest absolute Gasteiger partial charge is 0.327 e. The van der Waals surface area contributed by atoms with Gasteiger partial charge in [0.1, 0.15) is 5.92 Å². The van der Waals surface area contributed by atoms with E-state index in [2.05, 4.69) is 0 Å². The predicted octanol–water partition coefficient (Wildman–Crippen LogP) is 2.04. The molecule has 0 spiro atoms. The molecule has 0 N–H and O–H groups in total. The summed E-state index contributed by atoms with van der Waals surface area (Å²) in [5, 5.41) is 9.40. The molecule has 2 atom stereocenters. The lowest BCUT2D eigenvalue weighted by atomic mass is 9.74. The van der Waals surface area contributed by atoms with E-state index < -0.39 is 23.3 Å². The molecule has 0 aliphatic rings. The molecule has 0 aromatic heterocycles. The summed E-state index contributed by atoms with van der Waals surface area (Å²) in [6, 6.07) is 10.5. The number of hydrogen-bond donors (Lipinski definition) is 0. The minimum atomic E-state index is -1.63. The first-order chi connectivity index (χ1) is 9.51. The zero-order chi connectivity index (χ0) is 15.2. The average molecular weight is 275 g/mol. The molecule has 2 unspecified atom stereocenters. The number of esters is 2. The first-order valence-electron chi connectivity index (χ1n) is 6.22. The Morgan fingerprint density at radius 1 is 1.35 bits per heavy atom. The second kappa shape index (κ2) is 6.71. The van der Waals surface area contributed by atoms with Crippen LogP contribution in [0.1, 0.15) is 25.3 Å². The van der Waals surface area contributed by atoms with Gasteiger partial charge in [-0.3, -0.25) is 9.59 Å². The number of carbonyl (C=O) groups is 2. The summed E-state index contributed by atoms with van der Waals surface area (Å²) in [5.41, 5.74) is -1.10. The highest BCUT2D eigenvalue weighted by atomic mass is 16.5. The van der Waals surface area contributed by atoms with Crippen molar-refractivity contribution < 1.29 is 19.1 Å². The van der Waals surface area contributed by atoms with E-state index in [1.54, 1.807) is 37.3 Å². The molecular weight excluding hydrogens is 258 g/mol. The summed E-state index contributed by atoms with van der Waals surface area (Å²) in [7, 11) is 1.22. The van der Waals surface area contributed by atoms with Gasteiger partial charge in [-0.1, -0.05) is 30.3 Å². The van der Waals surface area contributed by atoms with E-state index in [1.165, 1.54) is 14.0 Å². The maximum absolute atomic E-state index is 12.1. The van der Waals surface area contributed by atoms with Gasteiger partial charge in [-0.15, -0.1) is 0 Å².